The second-order valence-corrected chi connectivity index (χ2v) is 9.18. The summed E-state index contributed by atoms with van der Waals surface area (Å²) in [4.78, 5) is 12.7. The number of para-hydroxylation sites is 1. The van der Waals surface area contributed by atoms with Gasteiger partial charge in [0.2, 0.25) is 0 Å². The number of halogens is 1. The Morgan fingerprint density at radius 3 is 2.37 bits per heavy atom. The SMILES string of the molecule is CC(NC(=O)/C(C#N)=C\Nc1ccccc1Cl)C12CC3CC(CC(C3)C1)C2. The molecular formula is C22H26ClN3O. The monoisotopic (exact) mass is 383 g/mol. The van der Waals surface area contributed by atoms with Crippen molar-refractivity contribution in [2.24, 2.45) is 23.2 Å². The van der Waals surface area contributed by atoms with Crippen molar-refractivity contribution in [2.45, 2.75) is 51.5 Å². The molecule has 5 rings (SSSR count). The molecule has 4 bridgehead atoms. The number of anilines is 1. The zero-order valence-corrected chi connectivity index (χ0v) is 16.4. The molecule has 4 fully saturated rings. The molecule has 0 radical (unpaired) electrons. The number of amides is 1. The molecule has 4 saturated carbocycles. The average molecular weight is 384 g/mol. The van der Waals surface area contributed by atoms with E-state index >= 15 is 0 Å². The van der Waals surface area contributed by atoms with Crippen LogP contribution in [-0.4, -0.2) is 11.9 Å². The largest absolute Gasteiger partial charge is 0.359 e. The van der Waals surface area contributed by atoms with Crippen LogP contribution in [0.2, 0.25) is 5.02 Å². The Morgan fingerprint density at radius 1 is 1.22 bits per heavy atom. The van der Waals surface area contributed by atoms with Gasteiger partial charge in [-0.25, -0.2) is 0 Å². The minimum absolute atomic E-state index is 0.0755. The van der Waals surface area contributed by atoms with E-state index < -0.39 is 0 Å². The normalized spacial score (nSPS) is 32.6. The summed E-state index contributed by atoms with van der Waals surface area (Å²) in [6.45, 7) is 2.13. The van der Waals surface area contributed by atoms with Gasteiger partial charge in [-0.05, 0) is 80.8 Å². The molecule has 5 heteroatoms. The van der Waals surface area contributed by atoms with E-state index in [0.717, 1.165) is 17.8 Å². The molecule has 0 heterocycles. The van der Waals surface area contributed by atoms with Crippen LogP contribution in [0.3, 0.4) is 0 Å². The smallest absolute Gasteiger partial charge is 0.263 e. The molecular weight excluding hydrogens is 358 g/mol. The van der Waals surface area contributed by atoms with E-state index in [0.29, 0.717) is 10.7 Å². The maximum Gasteiger partial charge on any atom is 0.263 e. The molecule has 4 aliphatic carbocycles. The quantitative estimate of drug-likeness (QED) is 0.562. The molecule has 1 aromatic rings. The van der Waals surface area contributed by atoms with Crippen LogP contribution in [0.4, 0.5) is 5.69 Å². The van der Waals surface area contributed by atoms with Crippen LogP contribution in [-0.2, 0) is 4.79 Å². The number of hydrogen-bond donors (Lipinski definition) is 2. The third kappa shape index (κ3) is 3.58. The fourth-order valence-corrected chi connectivity index (χ4v) is 6.20. The molecule has 4 nitrogen and oxygen atoms in total. The van der Waals surface area contributed by atoms with Crippen LogP contribution in [0.1, 0.15) is 45.4 Å². The van der Waals surface area contributed by atoms with Gasteiger partial charge in [-0.1, -0.05) is 23.7 Å². The zero-order valence-electron chi connectivity index (χ0n) is 15.7. The Morgan fingerprint density at radius 2 is 1.81 bits per heavy atom. The van der Waals surface area contributed by atoms with Crippen molar-refractivity contribution in [3.63, 3.8) is 0 Å². The summed E-state index contributed by atoms with van der Waals surface area (Å²) >= 11 is 6.12. The third-order valence-electron chi connectivity index (χ3n) is 6.96. The fourth-order valence-electron chi connectivity index (χ4n) is 6.01. The first-order chi connectivity index (χ1) is 13.0. The van der Waals surface area contributed by atoms with Crippen LogP contribution in [0.25, 0.3) is 0 Å². The summed E-state index contributed by atoms with van der Waals surface area (Å²) < 4.78 is 0. The van der Waals surface area contributed by atoms with E-state index in [9.17, 15) is 10.1 Å². The Balaban J connectivity index is 1.44. The molecule has 142 valence electrons. The van der Waals surface area contributed by atoms with Crippen molar-refractivity contribution in [1.82, 2.24) is 5.32 Å². The van der Waals surface area contributed by atoms with Crippen LogP contribution < -0.4 is 10.6 Å². The Hall–Kier alpha value is -1.99. The Labute approximate surface area is 166 Å². The predicted octanol–water partition coefficient (Wildman–Crippen LogP) is 4.88. The van der Waals surface area contributed by atoms with E-state index in [1.807, 2.05) is 24.3 Å². The number of nitrogens with one attached hydrogen (secondary N) is 2. The summed E-state index contributed by atoms with van der Waals surface area (Å²) in [7, 11) is 0. The molecule has 0 aliphatic heterocycles. The maximum atomic E-state index is 12.7. The van der Waals surface area contributed by atoms with Gasteiger partial charge < -0.3 is 10.6 Å². The Kier molecular flexibility index (Phi) is 4.90. The molecule has 0 saturated heterocycles. The number of hydrogen-bond acceptors (Lipinski definition) is 3. The Bertz CT molecular complexity index is 775. The minimum Gasteiger partial charge on any atom is -0.359 e. The molecule has 1 amide bonds. The highest BCUT2D eigenvalue weighted by Gasteiger charge is 2.53. The van der Waals surface area contributed by atoms with Gasteiger partial charge in [0.05, 0.1) is 10.7 Å². The van der Waals surface area contributed by atoms with Gasteiger partial charge in [0, 0.05) is 12.2 Å². The van der Waals surface area contributed by atoms with E-state index in [1.165, 1.54) is 44.7 Å². The predicted molar refractivity (Wildman–Crippen MR) is 107 cm³/mol. The van der Waals surface area contributed by atoms with Gasteiger partial charge in [0.15, 0.2) is 0 Å². The van der Waals surface area contributed by atoms with Crippen molar-refractivity contribution in [2.75, 3.05) is 5.32 Å². The first-order valence-electron chi connectivity index (χ1n) is 9.91. The molecule has 2 N–H and O–H groups in total. The number of nitriles is 1. The van der Waals surface area contributed by atoms with E-state index in [-0.39, 0.29) is 22.9 Å². The highest BCUT2D eigenvalue weighted by molar-refractivity contribution is 6.33. The molecule has 27 heavy (non-hydrogen) atoms. The number of nitrogens with zero attached hydrogens (tertiary/aromatic N) is 1. The molecule has 1 atom stereocenters. The van der Waals surface area contributed by atoms with Gasteiger partial charge in [-0.3, -0.25) is 4.79 Å². The van der Waals surface area contributed by atoms with Crippen molar-refractivity contribution in [3.05, 3.63) is 41.1 Å². The van der Waals surface area contributed by atoms with Crippen molar-refractivity contribution < 1.29 is 4.79 Å². The number of rotatable bonds is 5. The number of carbonyl (C=O) groups excluding carboxylic acids is 1. The van der Waals surface area contributed by atoms with Crippen LogP contribution in [0, 0.1) is 34.5 Å². The molecule has 4 aliphatic rings. The fraction of sp³-hybridized carbons (Fsp3) is 0.545. The minimum atomic E-state index is -0.305. The standard InChI is InChI=1S/C22H26ClN3O/c1-14(22-9-15-6-16(10-22)8-17(7-15)11-22)26-21(27)18(12-24)13-25-20-5-3-2-4-19(20)23/h2-5,13-17,25H,6-11H2,1H3,(H,26,27)/b18-13-. The topological polar surface area (TPSA) is 64.9 Å². The summed E-state index contributed by atoms with van der Waals surface area (Å²) in [6.07, 6.45) is 9.27. The summed E-state index contributed by atoms with van der Waals surface area (Å²) in [5.41, 5.74) is 0.974. The van der Waals surface area contributed by atoms with Gasteiger partial charge in [0.25, 0.3) is 5.91 Å². The second-order valence-electron chi connectivity index (χ2n) is 8.77. The lowest BCUT2D eigenvalue weighted by atomic mass is 9.48. The third-order valence-corrected chi connectivity index (χ3v) is 7.29. The van der Waals surface area contributed by atoms with Gasteiger partial charge in [0.1, 0.15) is 11.6 Å². The van der Waals surface area contributed by atoms with Crippen LogP contribution in [0.5, 0.6) is 0 Å². The van der Waals surface area contributed by atoms with E-state index in [4.69, 9.17) is 11.6 Å². The lowest BCUT2D eigenvalue weighted by Gasteiger charge is -2.59. The van der Waals surface area contributed by atoms with Gasteiger partial charge in [-0.15, -0.1) is 0 Å². The van der Waals surface area contributed by atoms with E-state index in [2.05, 4.69) is 17.6 Å². The van der Waals surface area contributed by atoms with Gasteiger partial charge >= 0.3 is 0 Å². The first-order valence-corrected chi connectivity index (χ1v) is 10.3. The molecule has 1 aromatic carbocycles. The number of benzene rings is 1. The van der Waals surface area contributed by atoms with Crippen molar-refractivity contribution in [1.29, 1.82) is 5.26 Å². The lowest BCUT2D eigenvalue weighted by Crippen LogP contribution is -2.56. The molecule has 0 spiro atoms. The molecule has 1 unspecified atom stereocenters. The lowest BCUT2D eigenvalue weighted by molar-refractivity contribution is -0.122. The molecule has 0 aromatic heterocycles. The number of carbonyl (C=O) groups is 1. The highest BCUT2D eigenvalue weighted by atomic mass is 35.5. The van der Waals surface area contributed by atoms with E-state index in [1.54, 1.807) is 6.07 Å². The first kappa shape index (κ1) is 18.4. The van der Waals surface area contributed by atoms with Crippen molar-refractivity contribution >= 4 is 23.2 Å². The summed E-state index contributed by atoms with van der Waals surface area (Å²) in [6, 6.07) is 9.37. The highest BCUT2D eigenvalue weighted by Crippen LogP contribution is 2.61. The summed E-state index contributed by atoms with van der Waals surface area (Å²) in [5.74, 6) is 2.20. The van der Waals surface area contributed by atoms with Crippen LogP contribution >= 0.6 is 11.6 Å². The van der Waals surface area contributed by atoms with Crippen molar-refractivity contribution in [3.8, 4) is 6.07 Å². The summed E-state index contributed by atoms with van der Waals surface area (Å²) in [5, 5.41) is 16.1. The van der Waals surface area contributed by atoms with Crippen LogP contribution in [0.15, 0.2) is 36.0 Å². The average Bonchev–Trinajstić information content (AvgIpc) is 2.62. The zero-order chi connectivity index (χ0) is 19.0. The second kappa shape index (κ2) is 7.20. The van der Waals surface area contributed by atoms with Gasteiger partial charge in [-0.2, -0.15) is 5.26 Å². The maximum absolute atomic E-state index is 12.7.